The zero-order valence-electron chi connectivity index (χ0n) is 4.59. The van der Waals surface area contributed by atoms with Crippen LogP contribution in [0.3, 0.4) is 0 Å². The largest absolute Gasteiger partial charge is 0.444 e. The van der Waals surface area contributed by atoms with Gasteiger partial charge in [-0.1, -0.05) is 0 Å². The summed E-state index contributed by atoms with van der Waals surface area (Å²) in [5, 5.41) is 3.77. The summed E-state index contributed by atoms with van der Waals surface area (Å²) < 4.78 is 4.98. The molecule has 0 radical (unpaired) electrons. The molecule has 2 rings (SSSR count). The molecule has 0 aromatic heterocycles. The quantitative estimate of drug-likeness (QED) is 0.470. The summed E-state index contributed by atoms with van der Waals surface area (Å²) >= 11 is 0. The molecule has 9 heavy (non-hydrogen) atoms. The summed E-state index contributed by atoms with van der Waals surface area (Å²) in [5.74, 6) is 0.595. The van der Waals surface area contributed by atoms with E-state index in [1.54, 1.807) is 12.3 Å². The maximum Gasteiger partial charge on any atom is 0.262 e. The van der Waals surface area contributed by atoms with E-state index in [0.717, 1.165) is 5.70 Å². The van der Waals surface area contributed by atoms with Gasteiger partial charge in [0.1, 0.15) is 5.70 Å². The van der Waals surface area contributed by atoms with E-state index >= 15 is 0 Å². The first-order valence-electron chi connectivity index (χ1n) is 2.59. The van der Waals surface area contributed by atoms with Crippen LogP contribution in [-0.2, 0) is 4.74 Å². The number of fused-ring (bicyclic) bond motifs is 1. The molecule has 0 aromatic rings. The highest BCUT2D eigenvalue weighted by Gasteiger charge is 2.14. The molecule has 2 aliphatic heterocycles. The standard InChI is InChI=1S/C5H5N3O/c1-2-4-5(9-3-1)7-8-6-4/h1-3,6,8H. The topological polar surface area (TPSA) is 45.6 Å². The highest BCUT2D eigenvalue weighted by Crippen LogP contribution is 2.05. The lowest BCUT2D eigenvalue weighted by Gasteiger charge is -2.02. The molecular formula is C5H5N3O. The summed E-state index contributed by atoms with van der Waals surface area (Å²) in [4.78, 5) is 0. The maximum absolute atomic E-state index is 4.98. The van der Waals surface area contributed by atoms with Crippen LogP contribution in [0, 0.1) is 0 Å². The predicted molar refractivity (Wildman–Crippen MR) is 32.0 cm³/mol. The fourth-order valence-corrected chi connectivity index (χ4v) is 0.695. The molecule has 46 valence electrons. The Kier molecular flexibility index (Phi) is 0.745. The summed E-state index contributed by atoms with van der Waals surface area (Å²) in [6.45, 7) is 0. The van der Waals surface area contributed by atoms with Gasteiger partial charge >= 0.3 is 0 Å². The van der Waals surface area contributed by atoms with Gasteiger partial charge in [-0.25, -0.2) is 5.53 Å². The Morgan fingerprint density at radius 1 is 1.56 bits per heavy atom. The van der Waals surface area contributed by atoms with Gasteiger partial charge in [0.25, 0.3) is 5.90 Å². The number of allylic oxidation sites excluding steroid dienone is 2. The molecule has 0 aromatic carbocycles. The van der Waals surface area contributed by atoms with Gasteiger partial charge in [0.15, 0.2) is 0 Å². The summed E-state index contributed by atoms with van der Waals surface area (Å²) in [5.41, 5.74) is 6.23. The Morgan fingerprint density at radius 3 is 3.44 bits per heavy atom. The molecule has 4 heteroatoms. The minimum Gasteiger partial charge on any atom is -0.444 e. The molecule has 0 saturated carbocycles. The average Bonchev–Trinajstić information content (AvgIpc) is 2.33. The first kappa shape index (κ1) is 4.43. The summed E-state index contributed by atoms with van der Waals surface area (Å²) in [6, 6.07) is 0. The number of ether oxygens (including phenoxy) is 1. The molecule has 0 fully saturated rings. The van der Waals surface area contributed by atoms with Crippen molar-refractivity contribution in [1.29, 1.82) is 0 Å². The van der Waals surface area contributed by atoms with Crippen molar-refractivity contribution in [3.63, 3.8) is 0 Å². The predicted octanol–water partition coefficient (Wildman–Crippen LogP) is -0.165. The molecule has 2 N–H and O–H groups in total. The number of nitrogens with zero attached hydrogens (tertiary/aromatic N) is 1. The fourth-order valence-electron chi connectivity index (χ4n) is 0.695. The molecule has 0 aliphatic carbocycles. The smallest absolute Gasteiger partial charge is 0.262 e. The number of rotatable bonds is 0. The van der Waals surface area contributed by atoms with Crippen molar-refractivity contribution in [3.8, 4) is 0 Å². The second kappa shape index (κ2) is 1.51. The van der Waals surface area contributed by atoms with Gasteiger partial charge < -0.3 is 4.74 Å². The Hall–Kier alpha value is -1.45. The zero-order valence-corrected chi connectivity index (χ0v) is 4.59. The Morgan fingerprint density at radius 2 is 2.56 bits per heavy atom. The van der Waals surface area contributed by atoms with Crippen LogP contribution in [0.5, 0.6) is 0 Å². The highest BCUT2D eigenvalue weighted by molar-refractivity contribution is 5.95. The van der Waals surface area contributed by atoms with Crippen molar-refractivity contribution in [2.45, 2.75) is 0 Å². The third-order valence-corrected chi connectivity index (χ3v) is 1.10. The van der Waals surface area contributed by atoms with Crippen molar-refractivity contribution < 1.29 is 4.74 Å². The highest BCUT2D eigenvalue weighted by atomic mass is 16.5. The van der Waals surface area contributed by atoms with Crippen molar-refractivity contribution in [3.05, 3.63) is 24.1 Å². The number of hydrogen-bond acceptors (Lipinski definition) is 4. The molecule has 0 atom stereocenters. The molecule has 0 unspecified atom stereocenters. The Balaban J connectivity index is 2.37. The number of hydrazone groups is 1. The average molecular weight is 123 g/mol. The Bertz CT molecular complexity index is 216. The normalized spacial score (nSPS) is 20.4. The van der Waals surface area contributed by atoms with Crippen LogP contribution < -0.4 is 11.0 Å². The van der Waals surface area contributed by atoms with Crippen LogP contribution >= 0.6 is 0 Å². The van der Waals surface area contributed by atoms with Crippen LogP contribution in [0.25, 0.3) is 0 Å². The van der Waals surface area contributed by atoms with E-state index in [4.69, 9.17) is 4.74 Å². The van der Waals surface area contributed by atoms with Crippen molar-refractivity contribution in [2.75, 3.05) is 0 Å². The van der Waals surface area contributed by atoms with E-state index in [2.05, 4.69) is 16.1 Å². The van der Waals surface area contributed by atoms with E-state index < -0.39 is 0 Å². The van der Waals surface area contributed by atoms with Gasteiger partial charge in [-0.05, 0) is 12.2 Å². The van der Waals surface area contributed by atoms with Gasteiger partial charge in [-0.3, -0.25) is 5.43 Å². The van der Waals surface area contributed by atoms with Crippen LogP contribution in [0.4, 0.5) is 0 Å². The van der Waals surface area contributed by atoms with Gasteiger partial charge in [0.05, 0.1) is 6.26 Å². The first-order valence-corrected chi connectivity index (χ1v) is 2.59. The van der Waals surface area contributed by atoms with Crippen LogP contribution in [-0.4, -0.2) is 5.90 Å². The molecule has 2 aliphatic rings. The van der Waals surface area contributed by atoms with E-state index in [0.29, 0.717) is 5.90 Å². The minimum absolute atomic E-state index is 0.595. The minimum atomic E-state index is 0.595. The molecule has 0 amide bonds. The third kappa shape index (κ3) is 0.561. The number of hydrogen-bond donors (Lipinski definition) is 2. The second-order valence-corrected chi connectivity index (χ2v) is 1.68. The molecule has 0 bridgehead atoms. The van der Waals surface area contributed by atoms with Crippen LogP contribution in [0.15, 0.2) is 29.2 Å². The molecule has 4 nitrogen and oxygen atoms in total. The number of hydrazine groups is 1. The van der Waals surface area contributed by atoms with Gasteiger partial charge in [0.2, 0.25) is 0 Å². The van der Waals surface area contributed by atoms with Gasteiger partial charge in [-0.15, -0.1) is 5.10 Å². The van der Waals surface area contributed by atoms with Crippen LogP contribution in [0.2, 0.25) is 0 Å². The van der Waals surface area contributed by atoms with Crippen molar-refractivity contribution in [2.24, 2.45) is 5.10 Å². The van der Waals surface area contributed by atoms with E-state index in [1.165, 1.54) is 0 Å². The fraction of sp³-hybridized carbons (Fsp3) is 0. The maximum atomic E-state index is 4.98. The molecule has 0 spiro atoms. The zero-order chi connectivity index (χ0) is 6.10. The SMILES string of the molecule is C1=COC2=NNNC2=C1. The monoisotopic (exact) mass is 123 g/mol. The van der Waals surface area contributed by atoms with E-state index in [9.17, 15) is 0 Å². The summed E-state index contributed by atoms with van der Waals surface area (Å²) in [7, 11) is 0. The molecular weight excluding hydrogens is 118 g/mol. The molecule has 0 saturated heterocycles. The van der Waals surface area contributed by atoms with E-state index in [1.807, 2.05) is 6.08 Å². The van der Waals surface area contributed by atoms with Crippen LogP contribution in [0.1, 0.15) is 0 Å². The lowest BCUT2D eigenvalue weighted by atomic mass is 10.3. The second-order valence-electron chi connectivity index (χ2n) is 1.68. The van der Waals surface area contributed by atoms with Crippen molar-refractivity contribution >= 4 is 5.90 Å². The first-order chi connectivity index (χ1) is 4.47. The van der Waals surface area contributed by atoms with Gasteiger partial charge in [0, 0.05) is 0 Å². The number of nitrogens with one attached hydrogen (secondary N) is 2. The van der Waals surface area contributed by atoms with Crippen molar-refractivity contribution in [1.82, 2.24) is 11.0 Å². The lowest BCUT2D eigenvalue weighted by molar-refractivity contribution is 0.469. The lowest BCUT2D eigenvalue weighted by Crippen LogP contribution is -2.20. The Labute approximate surface area is 51.9 Å². The van der Waals surface area contributed by atoms with E-state index in [-0.39, 0.29) is 0 Å². The molecule has 2 heterocycles. The third-order valence-electron chi connectivity index (χ3n) is 1.10. The van der Waals surface area contributed by atoms with Gasteiger partial charge in [-0.2, -0.15) is 0 Å². The summed E-state index contributed by atoms with van der Waals surface area (Å²) in [6.07, 6.45) is 5.26.